The van der Waals surface area contributed by atoms with Crippen LogP contribution in [-0.4, -0.2) is 47.3 Å². The van der Waals surface area contributed by atoms with Gasteiger partial charge in [-0.2, -0.15) is 0 Å². The zero-order valence-electron chi connectivity index (χ0n) is 8.88. The van der Waals surface area contributed by atoms with E-state index >= 15 is 0 Å². The average Bonchev–Trinajstić information content (AvgIpc) is 2.15. The second kappa shape index (κ2) is 4.36. The number of urea groups is 1. The minimum atomic E-state index is -0.230. The molecule has 1 aliphatic rings. The number of pyridine rings is 1. The Morgan fingerprint density at radius 2 is 2.44 bits per heavy atom. The molecule has 86 valence electrons. The highest BCUT2D eigenvalue weighted by atomic mass is 16.5. The van der Waals surface area contributed by atoms with Crippen molar-refractivity contribution in [2.45, 2.75) is 6.10 Å². The highest BCUT2D eigenvalue weighted by Crippen LogP contribution is 2.15. The summed E-state index contributed by atoms with van der Waals surface area (Å²) in [6, 6.07) is 2.61. The number of likely N-dealkylation sites (tertiary alicyclic amines) is 1. The number of nitrogens with one attached hydrogen (secondary N) is 1. The van der Waals surface area contributed by atoms with E-state index in [1.165, 1.54) is 18.3 Å². The molecule has 0 aliphatic carbocycles. The number of rotatable bonds is 2. The number of aromatic nitrogens is 1. The van der Waals surface area contributed by atoms with Gasteiger partial charge in [-0.25, -0.2) is 9.78 Å². The summed E-state index contributed by atoms with van der Waals surface area (Å²) in [6.45, 7) is 1.17. The van der Waals surface area contributed by atoms with Crippen LogP contribution >= 0.6 is 0 Å². The van der Waals surface area contributed by atoms with Crippen LogP contribution in [-0.2, 0) is 4.74 Å². The van der Waals surface area contributed by atoms with Gasteiger partial charge in [0.2, 0.25) is 0 Å². The summed E-state index contributed by atoms with van der Waals surface area (Å²) in [5.41, 5.74) is 0. The van der Waals surface area contributed by atoms with Crippen LogP contribution in [0, 0.1) is 0 Å². The number of ether oxygens (including phenoxy) is 1. The van der Waals surface area contributed by atoms with E-state index in [-0.39, 0.29) is 17.9 Å². The SMILES string of the molecule is COC1CN(C(=O)Nc2cc(O)ccn2)C1. The summed E-state index contributed by atoms with van der Waals surface area (Å²) in [5, 5.41) is 11.8. The lowest BCUT2D eigenvalue weighted by Gasteiger charge is -2.37. The van der Waals surface area contributed by atoms with E-state index in [9.17, 15) is 9.90 Å². The van der Waals surface area contributed by atoms with Crippen LogP contribution < -0.4 is 5.32 Å². The van der Waals surface area contributed by atoms with Crippen molar-refractivity contribution in [1.82, 2.24) is 9.88 Å². The van der Waals surface area contributed by atoms with Crippen molar-refractivity contribution in [2.75, 3.05) is 25.5 Å². The fraction of sp³-hybridized carbons (Fsp3) is 0.400. The van der Waals surface area contributed by atoms with Crippen LogP contribution in [0.25, 0.3) is 0 Å². The Morgan fingerprint density at radius 1 is 1.69 bits per heavy atom. The number of amides is 2. The van der Waals surface area contributed by atoms with Crippen LogP contribution in [0.3, 0.4) is 0 Å². The molecule has 1 aliphatic heterocycles. The number of hydrogen-bond acceptors (Lipinski definition) is 4. The molecular formula is C10H13N3O3. The van der Waals surface area contributed by atoms with E-state index in [1.807, 2.05) is 0 Å². The summed E-state index contributed by atoms with van der Waals surface area (Å²) in [5.74, 6) is 0.412. The lowest BCUT2D eigenvalue weighted by atomic mass is 10.2. The smallest absolute Gasteiger partial charge is 0.323 e. The van der Waals surface area contributed by atoms with E-state index in [0.29, 0.717) is 18.9 Å². The number of carbonyl (C=O) groups excluding carboxylic acids is 1. The molecular weight excluding hydrogens is 210 g/mol. The number of carbonyl (C=O) groups is 1. The second-order valence-corrected chi connectivity index (χ2v) is 3.59. The molecule has 0 unspecified atom stereocenters. The van der Waals surface area contributed by atoms with Gasteiger partial charge < -0.3 is 14.7 Å². The van der Waals surface area contributed by atoms with Gasteiger partial charge in [-0.1, -0.05) is 0 Å². The molecule has 2 amide bonds. The number of hydrogen-bond donors (Lipinski definition) is 2. The average molecular weight is 223 g/mol. The Morgan fingerprint density at radius 3 is 3.06 bits per heavy atom. The maximum Gasteiger partial charge on any atom is 0.323 e. The molecule has 0 saturated carbocycles. The standard InChI is InChI=1S/C10H13N3O3/c1-16-8-5-13(6-8)10(15)12-9-4-7(14)2-3-11-9/h2-4,8H,5-6H2,1H3,(H2,11,12,14,15). The summed E-state index contributed by atoms with van der Waals surface area (Å²) in [4.78, 5) is 17.1. The van der Waals surface area contributed by atoms with Gasteiger partial charge in [0, 0.05) is 19.4 Å². The molecule has 2 rings (SSSR count). The summed E-state index contributed by atoms with van der Waals surface area (Å²) >= 11 is 0. The topological polar surface area (TPSA) is 74.7 Å². The van der Waals surface area contributed by atoms with Crippen molar-refractivity contribution in [3.8, 4) is 5.75 Å². The minimum Gasteiger partial charge on any atom is -0.508 e. The molecule has 16 heavy (non-hydrogen) atoms. The van der Waals surface area contributed by atoms with Crippen LogP contribution in [0.5, 0.6) is 5.75 Å². The van der Waals surface area contributed by atoms with Gasteiger partial charge >= 0.3 is 6.03 Å². The molecule has 1 aromatic rings. The van der Waals surface area contributed by atoms with E-state index in [4.69, 9.17) is 4.74 Å². The normalized spacial score (nSPS) is 15.7. The zero-order chi connectivity index (χ0) is 11.5. The highest BCUT2D eigenvalue weighted by Gasteiger charge is 2.30. The second-order valence-electron chi connectivity index (χ2n) is 3.59. The molecule has 6 nitrogen and oxygen atoms in total. The molecule has 0 atom stereocenters. The van der Waals surface area contributed by atoms with E-state index in [1.54, 1.807) is 12.0 Å². The molecule has 0 spiro atoms. The van der Waals surface area contributed by atoms with E-state index in [0.717, 1.165) is 0 Å². The van der Waals surface area contributed by atoms with Gasteiger partial charge in [0.05, 0.1) is 19.2 Å². The van der Waals surface area contributed by atoms with Crippen LogP contribution in [0.4, 0.5) is 10.6 Å². The van der Waals surface area contributed by atoms with Crippen molar-refractivity contribution < 1.29 is 14.6 Å². The van der Waals surface area contributed by atoms with Gasteiger partial charge in [-0.15, -0.1) is 0 Å². The van der Waals surface area contributed by atoms with Crippen LogP contribution in [0.1, 0.15) is 0 Å². The maximum atomic E-state index is 11.6. The third-order valence-corrected chi connectivity index (χ3v) is 2.45. The quantitative estimate of drug-likeness (QED) is 0.772. The van der Waals surface area contributed by atoms with Crippen LogP contribution in [0.15, 0.2) is 18.3 Å². The highest BCUT2D eigenvalue weighted by molar-refractivity contribution is 5.89. The van der Waals surface area contributed by atoms with E-state index in [2.05, 4.69) is 10.3 Å². The number of methoxy groups -OCH3 is 1. The molecule has 2 N–H and O–H groups in total. The lowest BCUT2D eigenvalue weighted by Crippen LogP contribution is -2.55. The van der Waals surface area contributed by atoms with Gasteiger partial charge in [0.1, 0.15) is 11.6 Å². The Labute approximate surface area is 92.8 Å². The Hall–Kier alpha value is -1.82. The molecule has 0 radical (unpaired) electrons. The summed E-state index contributed by atoms with van der Waals surface area (Å²) in [7, 11) is 1.62. The molecule has 0 bridgehead atoms. The fourth-order valence-corrected chi connectivity index (χ4v) is 1.43. The van der Waals surface area contributed by atoms with Gasteiger partial charge in [0.15, 0.2) is 0 Å². The largest absolute Gasteiger partial charge is 0.508 e. The fourth-order valence-electron chi connectivity index (χ4n) is 1.43. The van der Waals surface area contributed by atoms with Crippen LogP contribution in [0.2, 0.25) is 0 Å². The first-order valence-electron chi connectivity index (χ1n) is 4.93. The summed E-state index contributed by atoms with van der Waals surface area (Å²) in [6.07, 6.45) is 1.56. The molecule has 0 aromatic carbocycles. The zero-order valence-corrected chi connectivity index (χ0v) is 8.88. The van der Waals surface area contributed by atoms with E-state index < -0.39 is 0 Å². The molecule has 2 heterocycles. The number of anilines is 1. The van der Waals surface area contributed by atoms with Crippen molar-refractivity contribution in [2.24, 2.45) is 0 Å². The van der Waals surface area contributed by atoms with Gasteiger partial charge in [0.25, 0.3) is 0 Å². The first-order valence-corrected chi connectivity index (χ1v) is 4.93. The minimum absolute atomic E-state index is 0.0728. The Kier molecular flexibility index (Phi) is 2.91. The molecule has 1 fully saturated rings. The van der Waals surface area contributed by atoms with Crippen molar-refractivity contribution in [3.63, 3.8) is 0 Å². The lowest BCUT2D eigenvalue weighted by molar-refractivity contribution is -0.00467. The van der Waals surface area contributed by atoms with Crippen molar-refractivity contribution >= 4 is 11.8 Å². The maximum absolute atomic E-state index is 11.6. The third-order valence-electron chi connectivity index (χ3n) is 2.45. The monoisotopic (exact) mass is 223 g/mol. The van der Waals surface area contributed by atoms with Gasteiger partial charge in [-0.05, 0) is 6.07 Å². The number of nitrogens with zero attached hydrogens (tertiary/aromatic N) is 2. The first kappa shape index (κ1) is 10.7. The predicted octanol–water partition coefficient (Wildman–Crippen LogP) is 0.650. The predicted molar refractivity (Wildman–Crippen MR) is 57.3 cm³/mol. The molecule has 6 heteroatoms. The first-order chi connectivity index (χ1) is 7.69. The number of aromatic hydroxyl groups is 1. The molecule has 1 aromatic heterocycles. The van der Waals surface area contributed by atoms with Gasteiger partial charge in [-0.3, -0.25) is 5.32 Å². The van der Waals surface area contributed by atoms with Crippen molar-refractivity contribution in [3.05, 3.63) is 18.3 Å². The van der Waals surface area contributed by atoms with Crippen molar-refractivity contribution in [1.29, 1.82) is 0 Å². The summed E-state index contributed by atoms with van der Waals surface area (Å²) < 4.78 is 5.06. The molecule has 1 saturated heterocycles. The Balaban J connectivity index is 1.89. The third kappa shape index (κ3) is 2.22. The Bertz CT molecular complexity index is 391.